The first kappa shape index (κ1) is 17.9. The molecule has 1 atom stereocenters. The number of nitrogens with zero attached hydrogens (tertiary/aromatic N) is 1. The molecule has 27 heavy (non-hydrogen) atoms. The van der Waals surface area contributed by atoms with Gasteiger partial charge in [-0.25, -0.2) is 4.79 Å². The van der Waals surface area contributed by atoms with E-state index in [1.807, 2.05) is 53.9 Å². The molecule has 3 aromatic rings. The van der Waals surface area contributed by atoms with Gasteiger partial charge in [-0.15, -0.1) is 0 Å². The zero-order valence-corrected chi connectivity index (χ0v) is 15.7. The highest BCUT2D eigenvalue weighted by Crippen LogP contribution is 2.30. The summed E-state index contributed by atoms with van der Waals surface area (Å²) in [5, 5.41) is 4.44. The minimum atomic E-state index is -0.284. The Morgan fingerprint density at radius 3 is 2.96 bits per heavy atom. The van der Waals surface area contributed by atoms with Gasteiger partial charge in [0.25, 0.3) is 0 Å². The summed E-state index contributed by atoms with van der Waals surface area (Å²) in [6.07, 6.45) is 6.79. The Morgan fingerprint density at radius 2 is 2.15 bits per heavy atom. The summed E-state index contributed by atoms with van der Waals surface area (Å²) in [5.41, 5.74) is 2.43. The molecule has 0 aliphatic carbocycles. The summed E-state index contributed by atoms with van der Waals surface area (Å²) in [7, 11) is 0. The second-order valence-electron chi connectivity index (χ2n) is 7.01. The van der Waals surface area contributed by atoms with E-state index in [4.69, 9.17) is 9.47 Å². The van der Waals surface area contributed by atoms with Gasteiger partial charge in [0.15, 0.2) is 0 Å². The van der Waals surface area contributed by atoms with Gasteiger partial charge in [0.05, 0.1) is 29.8 Å². The summed E-state index contributed by atoms with van der Waals surface area (Å²) >= 11 is 0. The van der Waals surface area contributed by atoms with Gasteiger partial charge >= 0.3 is 5.97 Å². The molecule has 4 rings (SSSR count). The van der Waals surface area contributed by atoms with Crippen LogP contribution in [0.2, 0.25) is 0 Å². The number of piperidine rings is 1. The molecule has 1 aromatic carbocycles. The third kappa shape index (κ3) is 3.65. The van der Waals surface area contributed by atoms with Crippen molar-refractivity contribution in [2.75, 3.05) is 19.8 Å². The fraction of sp³-hybridized carbons (Fsp3) is 0.409. The van der Waals surface area contributed by atoms with E-state index in [0.29, 0.717) is 24.8 Å². The van der Waals surface area contributed by atoms with Gasteiger partial charge in [0.1, 0.15) is 5.75 Å². The topological polar surface area (TPSA) is 52.0 Å². The Labute approximate surface area is 159 Å². The van der Waals surface area contributed by atoms with Crippen molar-refractivity contribution in [1.82, 2.24) is 9.72 Å². The molecule has 1 fully saturated rings. The van der Waals surface area contributed by atoms with Crippen LogP contribution in [0.4, 0.5) is 0 Å². The number of nitrogens with one attached hydrogen (secondary N) is 1. The van der Waals surface area contributed by atoms with Crippen molar-refractivity contribution in [1.29, 1.82) is 0 Å². The van der Waals surface area contributed by atoms with Gasteiger partial charge in [-0.2, -0.15) is 0 Å². The first-order chi connectivity index (χ1) is 13.3. The van der Waals surface area contributed by atoms with E-state index in [1.165, 1.54) is 19.3 Å². The summed E-state index contributed by atoms with van der Waals surface area (Å²) in [6.45, 7) is 3.99. The van der Waals surface area contributed by atoms with E-state index in [0.717, 1.165) is 35.1 Å². The Kier molecular flexibility index (Phi) is 5.30. The highest BCUT2D eigenvalue weighted by atomic mass is 16.5. The van der Waals surface area contributed by atoms with Crippen LogP contribution in [0.3, 0.4) is 0 Å². The number of aromatic nitrogens is 1. The maximum absolute atomic E-state index is 12.5. The molecule has 5 nitrogen and oxygen atoms in total. The minimum absolute atomic E-state index is 0.284. The quantitative estimate of drug-likeness (QED) is 0.665. The standard InChI is InChI=1S/C22H26N2O3/c1-2-26-22(25)21-18-10-9-17(27-14-11-16-7-3-5-12-23-16)15-20(18)24-13-6-4-8-19(21)24/h4,6,8-10,13,15-16,23H,2-3,5,7,11-12,14H2,1H3. The van der Waals surface area contributed by atoms with Crippen molar-refractivity contribution in [3.63, 3.8) is 0 Å². The summed E-state index contributed by atoms with van der Waals surface area (Å²) < 4.78 is 13.3. The fourth-order valence-corrected chi connectivity index (χ4v) is 3.91. The van der Waals surface area contributed by atoms with Crippen molar-refractivity contribution in [3.05, 3.63) is 48.2 Å². The van der Waals surface area contributed by atoms with Crippen molar-refractivity contribution in [3.8, 4) is 5.75 Å². The molecule has 1 aliphatic rings. The molecule has 0 spiro atoms. The number of benzene rings is 1. The van der Waals surface area contributed by atoms with Gasteiger partial charge in [-0.3, -0.25) is 0 Å². The molecular formula is C22H26N2O3. The number of esters is 1. The third-order valence-electron chi connectivity index (χ3n) is 5.24. The lowest BCUT2D eigenvalue weighted by atomic mass is 10.0. The van der Waals surface area contributed by atoms with Crippen LogP contribution in [0.15, 0.2) is 42.6 Å². The van der Waals surface area contributed by atoms with Crippen molar-refractivity contribution in [2.24, 2.45) is 0 Å². The molecule has 142 valence electrons. The molecule has 0 amide bonds. The molecule has 2 aromatic heterocycles. The molecule has 1 N–H and O–H groups in total. The summed E-state index contributed by atoms with van der Waals surface area (Å²) in [6, 6.07) is 12.3. The van der Waals surface area contributed by atoms with Crippen LogP contribution in [0.25, 0.3) is 16.4 Å². The average molecular weight is 366 g/mol. The number of carbonyl (C=O) groups is 1. The first-order valence-corrected chi connectivity index (χ1v) is 9.84. The molecule has 5 heteroatoms. The van der Waals surface area contributed by atoms with Gasteiger partial charge in [-0.05, 0) is 57.0 Å². The van der Waals surface area contributed by atoms with Crippen molar-refractivity contribution >= 4 is 22.4 Å². The van der Waals surface area contributed by atoms with E-state index in [1.54, 1.807) is 0 Å². The van der Waals surface area contributed by atoms with Gasteiger partial charge in [0.2, 0.25) is 0 Å². The number of pyridine rings is 1. The SMILES string of the molecule is CCOC(=O)c1c2ccc(OCCC3CCCCN3)cc2n2ccccc12. The second-order valence-corrected chi connectivity index (χ2v) is 7.01. The number of hydrogen-bond donors (Lipinski definition) is 1. The summed E-state index contributed by atoms with van der Waals surface area (Å²) in [4.78, 5) is 12.5. The largest absolute Gasteiger partial charge is 0.493 e. The van der Waals surface area contributed by atoms with E-state index in [2.05, 4.69) is 5.32 Å². The zero-order chi connectivity index (χ0) is 18.6. The van der Waals surface area contributed by atoms with Crippen molar-refractivity contribution in [2.45, 2.75) is 38.6 Å². The van der Waals surface area contributed by atoms with Crippen LogP contribution >= 0.6 is 0 Å². The van der Waals surface area contributed by atoms with Gasteiger partial charge in [-0.1, -0.05) is 12.5 Å². The van der Waals surface area contributed by atoms with Gasteiger partial charge in [0, 0.05) is 23.7 Å². The van der Waals surface area contributed by atoms with Crippen LogP contribution in [0, 0.1) is 0 Å². The first-order valence-electron chi connectivity index (χ1n) is 9.84. The minimum Gasteiger partial charge on any atom is -0.493 e. The smallest absolute Gasteiger partial charge is 0.340 e. The number of carbonyl (C=O) groups excluding carboxylic acids is 1. The maximum Gasteiger partial charge on any atom is 0.340 e. The van der Waals surface area contributed by atoms with Crippen LogP contribution < -0.4 is 10.1 Å². The van der Waals surface area contributed by atoms with Crippen molar-refractivity contribution < 1.29 is 14.3 Å². The van der Waals surface area contributed by atoms with E-state index in [9.17, 15) is 4.79 Å². The predicted octanol–water partition coefficient (Wildman–Crippen LogP) is 4.18. The van der Waals surface area contributed by atoms with E-state index in [-0.39, 0.29) is 5.97 Å². The molecule has 1 saturated heterocycles. The van der Waals surface area contributed by atoms with Crippen LogP contribution in [0.1, 0.15) is 43.0 Å². The Hall–Kier alpha value is -2.53. The lowest BCUT2D eigenvalue weighted by molar-refractivity contribution is 0.0531. The normalized spacial score (nSPS) is 17.3. The predicted molar refractivity (Wildman–Crippen MR) is 107 cm³/mol. The number of ether oxygens (including phenoxy) is 2. The van der Waals surface area contributed by atoms with Gasteiger partial charge < -0.3 is 19.2 Å². The molecule has 0 saturated carbocycles. The Balaban J connectivity index is 1.60. The molecular weight excluding hydrogens is 340 g/mol. The Morgan fingerprint density at radius 1 is 1.22 bits per heavy atom. The number of fused-ring (bicyclic) bond motifs is 3. The Bertz CT molecular complexity index is 941. The second kappa shape index (κ2) is 8.01. The lowest BCUT2D eigenvalue weighted by Gasteiger charge is -2.23. The summed E-state index contributed by atoms with van der Waals surface area (Å²) in [5.74, 6) is 0.546. The third-order valence-corrected chi connectivity index (χ3v) is 5.24. The highest BCUT2D eigenvalue weighted by Gasteiger charge is 2.19. The monoisotopic (exact) mass is 366 g/mol. The molecule has 1 unspecified atom stereocenters. The molecule has 0 bridgehead atoms. The lowest BCUT2D eigenvalue weighted by Crippen LogP contribution is -2.35. The average Bonchev–Trinajstić information content (AvgIpc) is 3.03. The molecule has 0 radical (unpaired) electrons. The molecule has 3 heterocycles. The number of hydrogen-bond acceptors (Lipinski definition) is 4. The van der Waals surface area contributed by atoms with Crippen LogP contribution in [-0.4, -0.2) is 36.2 Å². The zero-order valence-electron chi connectivity index (χ0n) is 15.7. The van der Waals surface area contributed by atoms with Crippen LogP contribution in [0.5, 0.6) is 5.75 Å². The highest BCUT2D eigenvalue weighted by molar-refractivity contribution is 6.11. The molecule has 1 aliphatic heterocycles. The fourth-order valence-electron chi connectivity index (χ4n) is 3.91. The van der Waals surface area contributed by atoms with E-state index < -0.39 is 0 Å². The van der Waals surface area contributed by atoms with Crippen LogP contribution in [-0.2, 0) is 4.74 Å². The maximum atomic E-state index is 12.5. The number of rotatable bonds is 6. The van der Waals surface area contributed by atoms with E-state index >= 15 is 0 Å².